The van der Waals surface area contributed by atoms with Crippen molar-refractivity contribution < 1.29 is 18.0 Å². The molecule has 6 nitrogen and oxygen atoms in total. The number of anilines is 1. The van der Waals surface area contributed by atoms with Crippen molar-refractivity contribution in [3.63, 3.8) is 0 Å². The van der Waals surface area contributed by atoms with Crippen LogP contribution in [-0.4, -0.2) is 40.3 Å². The second kappa shape index (κ2) is 7.87. The standard InChI is InChI=1S/C17H22F3N5OS/c1-11(2)25-14(17(18,19)20)13(9-22-25)15(26)21-6-5-12-10-27-16(23-12)24-7-3-4-8-24/h9-11H,3-8H2,1-2H3,(H,21,26). The van der Waals surface area contributed by atoms with Gasteiger partial charge in [-0.1, -0.05) is 0 Å². The van der Waals surface area contributed by atoms with Crippen molar-refractivity contribution in [1.29, 1.82) is 0 Å². The lowest BCUT2D eigenvalue weighted by Crippen LogP contribution is -2.28. The Labute approximate surface area is 159 Å². The van der Waals surface area contributed by atoms with Gasteiger partial charge in [0.1, 0.15) is 0 Å². The van der Waals surface area contributed by atoms with Crippen LogP contribution in [0, 0.1) is 0 Å². The van der Waals surface area contributed by atoms with Crippen LogP contribution in [0.2, 0.25) is 0 Å². The van der Waals surface area contributed by atoms with E-state index in [1.54, 1.807) is 25.2 Å². The summed E-state index contributed by atoms with van der Waals surface area (Å²) < 4.78 is 40.9. The number of aromatic nitrogens is 3. The van der Waals surface area contributed by atoms with Gasteiger partial charge in [-0.25, -0.2) is 4.98 Å². The maximum atomic E-state index is 13.3. The molecule has 1 aliphatic rings. The van der Waals surface area contributed by atoms with Crippen LogP contribution in [0.3, 0.4) is 0 Å². The third-order valence-electron chi connectivity index (χ3n) is 4.38. The quantitative estimate of drug-likeness (QED) is 0.805. The molecule has 27 heavy (non-hydrogen) atoms. The number of nitrogens with one attached hydrogen (secondary N) is 1. The molecule has 0 aromatic carbocycles. The number of amides is 1. The van der Waals surface area contributed by atoms with E-state index >= 15 is 0 Å². The number of rotatable bonds is 6. The molecule has 148 valence electrons. The highest BCUT2D eigenvalue weighted by molar-refractivity contribution is 7.13. The van der Waals surface area contributed by atoms with Crippen molar-refractivity contribution in [1.82, 2.24) is 20.1 Å². The first kappa shape index (κ1) is 19.7. The summed E-state index contributed by atoms with van der Waals surface area (Å²) in [6.07, 6.45) is -0.873. The highest BCUT2D eigenvalue weighted by Crippen LogP contribution is 2.33. The predicted octanol–water partition coefficient (Wildman–Crippen LogP) is 3.51. The molecule has 1 saturated heterocycles. The van der Waals surface area contributed by atoms with Gasteiger partial charge in [0.15, 0.2) is 10.8 Å². The summed E-state index contributed by atoms with van der Waals surface area (Å²) in [5.74, 6) is -0.774. The lowest BCUT2D eigenvalue weighted by Gasteiger charge is -2.15. The van der Waals surface area contributed by atoms with E-state index in [-0.39, 0.29) is 6.54 Å². The molecule has 10 heteroatoms. The fraction of sp³-hybridized carbons (Fsp3) is 0.588. The fourth-order valence-corrected chi connectivity index (χ4v) is 3.98. The zero-order valence-corrected chi connectivity index (χ0v) is 16.0. The normalized spacial score (nSPS) is 15.0. The maximum absolute atomic E-state index is 13.3. The summed E-state index contributed by atoms with van der Waals surface area (Å²) in [5, 5.41) is 9.18. The molecular weight excluding hydrogens is 379 g/mol. The molecule has 3 rings (SSSR count). The first-order chi connectivity index (χ1) is 12.8. The van der Waals surface area contributed by atoms with E-state index in [2.05, 4.69) is 20.3 Å². The SMILES string of the molecule is CC(C)n1ncc(C(=O)NCCc2csc(N3CCCC3)n2)c1C(F)(F)F. The molecule has 1 N–H and O–H groups in total. The van der Waals surface area contributed by atoms with Crippen molar-refractivity contribution in [2.75, 3.05) is 24.5 Å². The van der Waals surface area contributed by atoms with E-state index in [0.29, 0.717) is 6.42 Å². The molecule has 1 aliphatic heterocycles. The van der Waals surface area contributed by atoms with Gasteiger partial charge in [-0.15, -0.1) is 11.3 Å². The summed E-state index contributed by atoms with van der Waals surface area (Å²) >= 11 is 1.55. The van der Waals surface area contributed by atoms with Gasteiger partial charge < -0.3 is 10.2 Å². The molecule has 0 unspecified atom stereocenters. The second-order valence-electron chi connectivity index (χ2n) is 6.76. The molecule has 1 amide bonds. The largest absolute Gasteiger partial charge is 0.433 e. The Kier molecular flexibility index (Phi) is 5.73. The average Bonchev–Trinajstić information content (AvgIpc) is 3.32. The van der Waals surface area contributed by atoms with Crippen LogP contribution in [0.15, 0.2) is 11.6 Å². The Hall–Kier alpha value is -2.10. The fourth-order valence-electron chi connectivity index (χ4n) is 3.07. The number of thiazole rings is 1. The molecule has 0 saturated carbocycles. The van der Waals surface area contributed by atoms with E-state index in [0.717, 1.165) is 47.6 Å². The number of halogens is 3. The second-order valence-corrected chi connectivity index (χ2v) is 7.60. The molecule has 2 aromatic rings. The van der Waals surface area contributed by atoms with Crippen LogP contribution < -0.4 is 10.2 Å². The number of carbonyl (C=O) groups excluding carboxylic acids is 1. The average molecular weight is 401 g/mol. The van der Waals surface area contributed by atoms with Gasteiger partial charge in [-0.05, 0) is 26.7 Å². The molecule has 0 aliphatic carbocycles. The number of nitrogens with zero attached hydrogens (tertiary/aromatic N) is 4. The number of carbonyl (C=O) groups is 1. The number of hydrogen-bond acceptors (Lipinski definition) is 5. The van der Waals surface area contributed by atoms with Crippen molar-refractivity contribution >= 4 is 22.4 Å². The minimum atomic E-state index is -4.65. The first-order valence-electron chi connectivity index (χ1n) is 8.89. The van der Waals surface area contributed by atoms with Crippen molar-refractivity contribution in [2.45, 2.75) is 45.3 Å². The van der Waals surface area contributed by atoms with Gasteiger partial charge in [0, 0.05) is 37.5 Å². The Morgan fingerprint density at radius 1 is 1.33 bits per heavy atom. The van der Waals surface area contributed by atoms with Crippen molar-refractivity contribution in [3.8, 4) is 0 Å². The van der Waals surface area contributed by atoms with Gasteiger partial charge in [-0.3, -0.25) is 9.48 Å². The molecule has 0 bridgehead atoms. The Morgan fingerprint density at radius 3 is 2.67 bits per heavy atom. The van der Waals surface area contributed by atoms with Gasteiger partial charge in [0.25, 0.3) is 5.91 Å². The van der Waals surface area contributed by atoms with Crippen LogP contribution in [-0.2, 0) is 12.6 Å². The summed E-state index contributed by atoms with van der Waals surface area (Å²) in [4.78, 5) is 19.0. The van der Waals surface area contributed by atoms with Crippen LogP contribution in [0.5, 0.6) is 0 Å². The topological polar surface area (TPSA) is 63.1 Å². The summed E-state index contributed by atoms with van der Waals surface area (Å²) in [7, 11) is 0. The highest BCUT2D eigenvalue weighted by atomic mass is 32.1. The highest BCUT2D eigenvalue weighted by Gasteiger charge is 2.40. The van der Waals surface area contributed by atoms with Crippen LogP contribution in [0.1, 0.15) is 54.5 Å². The number of hydrogen-bond donors (Lipinski definition) is 1. The van der Waals surface area contributed by atoms with Crippen molar-refractivity contribution in [3.05, 3.63) is 28.5 Å². The Balaban J connectivity index is 1.61. The minimum absolute atomic E-state index is 0.214. The van der Waals surface area contributed by atoms with Crippen LogP contribution in [0.4, 0.5) is 18.3 Å². The molecule has 0 radical (unpaired) electrons. The first-order valence-corrected chi connectivity index (χ1v) is 9.77. The summed E-state index contributed by atoms with van der Waals surface area (Å²) in [5.41, 5.74) is -0.636. The van der Waals surface area contributed by atoms with Gasteiger partial charge in [-0.2, -0.15) is 18.3 Å². The van der Waals surface area contributed by atoms with E-state index in [4.69, 9.17) is 0 Å². The smallest absolute Gasteiger partial charge is 0.352 e. The number of alkyl halides is 3. The van der Waals surface area contributed by atoms with Gasteiger partial charge in [0.2, 0.25) is 0 Å². The summed E-state index contributed by atoms with van der Waals surface area (Å²) in [6, 6.07) is -0.498. The molecule has 3 heterocycles. The minimum Gasteiger partial charge on any atom is -0.352 e. The van der Waals surface area contributed by atoms with Gasteiger partial charge in [0.05, 0.1) is 17.5 Å². The van der Waals surface area contributed by atoms with E-state index in [1.807, 2.05) is 5.38 Å². The van der Waals surface area contributed by atoms with Gasteiger partial charge >= 0.3 is 6.18 Å². The lowest BCUT2D eigenvalue weighted by molar-refractivity contribution is -0.145. The van der Waals surface area contributed by atoms with Crippen LogP contribution in [0.25, 0.3) is 0 Å². The molecule has 0 spiro atoms. The predicted molar refractivity (Wildman–Crippen MR) is 97.2 cm³/mol. The third kappa shape index (κ3) is 4.42. The monoisotopic (exact) mass is 401 g/mol. The molecular formula is C17H22F3N5OS. The third-order valence-corrected chi connectivity index (χ3v) is 5.33. The van der Waals surface area contributed by atoms with E-state index in [1.165, 1.54) is 0 Å². The summed E-state index contributed by atoms with van der Waals surface area (Å²) in [6.45, 7) is 5.40. The zero-order chi connectivity index (χ0) is 19.6. The maximum Gasteiger partial charge on any atom is 0.433 e. The van der Waals surface area contributed by atoms with Crippen molar-refractivity contribution in [2.24, 2.45) is 0 Å². The lowest BCUT2D eigenvalue weighted by atomic mass is 10.2. The Morgan fingerprint density at radius 2 is 2.04 bits per heavy atom. The van der Waals surface area contributed by atoms with E-state index < -0.39 is 29.4 Å². The zero-order valence-electron chi connectivity index (χ0n) is 15.2. The molecule has 2 aromatic heterocycles. The Bertz CT molecular complexity index is 793. The molecule has 1 fully saturated rings. The van der Waals surface area contributed by atoms with Crippen LogP contribution >= 0.6 is 11.3 Å². The molecule has 0 atom stereocenters. The van der Waals surface area contributed by atoms with E-state index in [9.17, 15) is 18.0 Å².